The number of benzene rings is 1. The molecule has 0 unspecified atom stereocenters. The summed E-state index contributed by atoms with van der Waals surface area (Å²) < 4.78 is 1.05. The number of hydrogen-bond acceptors (Lipinski definition) is 3. The molecule has 1 aliphatic rings. The molecule has 0 bridgehead atoms. The van der Waals surface area contributed by atoms with Gasteiger partial charge in [0.05, 0.1) is 11.9 Å². The van der Waals surface area contributed by atoms with E-state index in [1.165, 1.54) is 0 Å². The summed E-state index contributed by atoms with van der Waals surface area (Å²) in [5.41, 5.74) is 2.89. The number of carbonyl (C=O) groups excluding carboxylic acids is 1. The number of nitrogens with one attached hydrogen (secondary N) is 2. The minimum Gasteiger partial charge on any atom is -0.340 e. The number of anilines is 3. The summed E-state index contributed by atoms with van der Waals surface area (Å²) in [7, 11) is 0. The number of halogens is 1. The lowest BCUT2D eigenvalue weighted by Gasteiger charge is -2.10. The van der Waals surface area contributed by atoms with Crippen molar-refractivity contribution in [3.63, 3.8) is 0 Å². The van der Waals surface area contributed by atoms with Gasteiger partial charge < -0.3 is 10.6 Å². The van der Waals surface area contributed by atoms with Gasteiger partial charge in [-0.1, -0.05) is 15.9 Å². The van der Waals surface area contributed by atoms with Gasteiger partial charge in [0.15, 0.2) is 0 Å². The summed E-state index contributed by atoms with van der Waals surface area (Å²) in [6.45, 7) is 2.04. The molecular formula is C16H16BrN3O. The first-order valence-electron chi connectivity index (χ1n) is 6.92. The Morgan fingerprint density at radius 1 is 1.29 bits per heavy atom. The minimum atomic E-state index is 0.0984. The van der Waals surface area contributed by atoms with Crippen LogP contribution in [-0.2, 0) is 4.79 Å². The topological polar surface area (TPSA) is 54.0 Å². The number of aryl methyl sites for hydroxylation is 1. The molecule has 21 heavy (non-hydrogen) atoms. The van der Waals surface area contributed by atoms with Gasteiger partial charge in [0.25, 0.3) is 0 Å². The summed E-state index contributed by atoms with van der Waals surface area (Å²) >= 11 is 3.45. The van der Waals surface area contributed by atoms with Crippen LogP contribution in [0.15, 0.2) is 41.0 Å². The first kappa shape index (κ1) is 14.1. The van der Waals surface area contributed by atoms with Gasteiger partial charge in [0.2, 0.25) is 5.91 Å². The molecule has 1 aliphatic carbocycles. The van der Waals surface area contributed by atoms with Gasteiger partial charge >= 0.3 is 0 Å². The van der Waals surface area contributed by atoms with Crippen LogP contribution in [0.2, 0.25) is 0 Å². The van der Waals surface area contributed by atoms with Crippen molar-refractivity contribution in [2.45, 2.75) is 19.8 Å². The van der Waals surface area contributed by atoms with Crippen LogP contribution in [0.5, 0.6) is 0 Å². The van der Waals surface area contributed by atoms with Gasteiger partial charge in [-0.2, -0.15) is 0 Å². The number of nitrogens with zero attached hydrogens (tertiary/aromatic N) is 1. The Kier molecular flexibility index (Phi) is 3.92. The average molecular weight is 346 g/mol. The summed E-state index contributed by atoms with van der Waals surface area (Å²) in [4.78, 5) is 16.0. The molecule has 0 saturated heterocycles. The fraction of sp³-hybridized carbons (Fsp3) is 0.250. The third-order valence-electron chi connectivity index (χ3n) is 3.43. The first-order chi connectivity index (χ1) is 10.1. The van der Waals surface area contributed by atoms with Crippen LogP contribution in [0.25, 0.3) is 0 Å². The molecule has 1 aromatic carbocycles. The Morgan fingerprint density at radius 2 is 2.10 bits per heavy atom. The molecule has 5 heteroatoms. The van der Waals surface area contributed by atoms with Crippen molar-refractivity contribution >= 4 is 39.0 Å². The van der Waals surface area contributed by atoms with E-state index in [1.54, 1.807) is 6.20 Å². The Balaban J connectivity index is 1.67. The van der Waals surface area contributed by atoms with E-state index < -0.39 is 0 Å². The van der Waals surface area contributed by atoms with Gasteiger partial charge in [0, 0.05) is 16.1 Å². The normalized spacial score (nSPS) is 13.8. The van der Waals surface area contributed by atoms with Crippen molar-refractivity contribution in [3.05, 3.63) is 46.6 Å². The fourth-order valence-electron chi connectivity index (χ4n) is 2.04. The lowest BCUT2D eigenvalue weighted by Crippen LogP contribution is -2.13. The molecule has 0 atom stereocenters. The number of aromatic nitrogens is 1. The monoisotopic (exact) mass is 345 g/mol. The zero-order chi connectivity index (χ0) is 14.8. The summed E-state index contributed by atoms with van der Waals surface area (Å²) in [6, 6.07) is 9.77. The van der Waals surface area contributed by atoms with Crippen molar-refractivity contribution in [1.29, 1.82) is 0 Å². The molecule has 1 saturated carbocycles. The molecule has 0 spiro atoms. The molecule has 1 heterocycles. The van der Waals surface area contributed by atoms with E-state index >= 15 is 0 Å². The second-order valence-corrected chi connectivity index (χ2v) is 6.20. The maximum atomic E-state index is 11.7. The van der Waals surface area contributed by atoms with E-state index in [0.717, 1.165) is 40.1 Å². The summed E-state index contributed by atoms with van der Waals surface area (Å²) in [5.74, 6) is 1.05. The van der Waals surface area contributed by atoms with Crippen LogP contribution in [0.3, 0.4) is 0 Å². The Bertz CT molecular complexity index is 666. The molecule has 3 rings (SSSR count). The van der Waals surface area contributed by atoms with Crippen molar-refractivity contribution in [3.8, 4) is 0 Å². The Labute approximate surface area is 132 Å². The molecule has 1 amide bonds. The third-order valence-corrected chi connectivity index (χ3v) is 3.92. The van der Waals surface area contributed by atoms with Crippen LogP contribution in [0.1, 0.15) is 18.4 Å². The predicted molar refractivity (Wildman–Crippen MR) is 87.8 cm³/mol. The van der Waals surface area contributed by atoms with Crippen LogP contribution < -0.4 is 10.6 Å². The smallest absolute Gasteiger partial charge is 0.227 e. The average Bonchev–Trinajstić information content (AvgIpc) is 3.28. The lowest BCUT2D eigenvalue weighted by molar-refractivity contribution is -0.117. The molecule has 1 fully saturated rings. The highest BCUT2D eigenvalue weighted by atomic mass is 79.9. The van der Waals surface area contributed by atoms with Gasteiger partial charge in [-0.15, -0.1) is 0 Å². The van der Waals surface area contributed by atoms with Gasteiger partial charge in [0.1, 0.15) is 5.82 Å². The number of hydrogen-bond donors (Lipinski definition) is 2. The maximum absolute atomic E-state index is 11.7. The van der Waals surface area contributed by atoms with Gasteiger partial charge in [-0.05, 0) is 55.7 Å². The van der Waals surface area contributed by atoms with Crippen molar-refractivity contribution < 1.29 is 4.79 Å². The van der Waals surface area contributed by atoms with E-state index in [9.17, 15) is 4.79 Å². The van der Waals surface area contributed by atoms with Crippen molar-refractivity contribution in [1.82, 2.24) is 4.98 Å². The van der Waals surface area contributed by atoms with E-state index in [1.807, 2.05) is 37.3 Å². The lowest BCUT2D eigenvalue weighted by atomic mass is 10.2. The molecule has 4 nitrogen and oxygen atoms in total. The van der Waals surface area contributed by atoms with E-state index in [-0.39, 0.29) is 11.8 Å². The summed E-state index contributed by atoms with van der Waals surface area (Å²) in [5, 5.41) is 6.15. The minimum absolute atomic E-state index is 0.0984. The van der Waals surface area contributed by atoms with E-state index in [4.69, 9.17) is 0 Å². The van der Waals surface area contributed by atoms with Crippen LogP contribution in [0.4, 0.5) is 17.2 Å². The highest BCUT2D eigenvalue weighted by Gasteiger charge is 2.29. The summed E-state index contributed by atoms with van der Waals surface area (Å²) in [6.07, 6.45) is 3.68. The Morgan fingerprint density at radius 3 is 2.71 bits per heavy atom. The zero-order valence-electron chi connectivity index (χ0n) is 11.7. The van der Waals surface area contributed by atoms with Gasteiger partial charge in [-0.25, -0.2) is 4.98 Å². The fourth-order valence-corrected chi connectivity index (χ4v) is 2.51. The standard InChI is InChI=1S/C16H16BrN3O/c1-10-8-12(17)4-6-14(10)20-15-7-5-13(9-18-15)19-16(21)11-2-3-11/h4-9,11H,2-3H2,1H3,(H,18,20)(H,19,21). The second kappa shape index (κ2) is 5.85. The second-order valence-electron chi connectivity index (χ2n) is 5.28. The molecule has 0 aliphatic heterocycles. The first-order valence-corrected chi connectivity index (χ1v) is 7.71. The molecule has 1 aromatic heterocycles. The van der Waals surface area contributed by atoms with E-state index in [0.29, 0.717) is 0 Å². The SMILES string of the molecule is Cc1cc(Br)ccc1Nc1ccc(NC(=O)C2CC2)cn1. The van der Waals surface area contributed by atoms with Crippen LogP contribution in [-0.4, -0.2) is 10.9 Å². The van der Waals surface area contributed by atoms with Crippen molar-refractivity contribution in [2.24, 2.45) is 5.92 Å². The maximum Gasteiger partial charge on any atom is 0.227 e. The molecule has 108 valence electrons. The number of amides is 1. The molecule has 2 aromatic rings. The van der Waals surface area contributed by atoms with Crippen molar-refractivity contribution in [2.75, 3.05) is 10.6 Å². The third kappa shape index (κ3) is 3.61. The van der Waals surface area contributed by atoms with Crippen LogP contribution >= 0.6 is 15.9 Å². The highest BCUT2D eigenvalue weighted by molar-refractivity contribution is 9.10. The van der Waals surface area contributed by atoms with Gasteiger partial charge in [-0.3, -0.25) is 4.79 Å². The molecule has 0 radical (unpaired) electrons. The molecule has 2 N–H and O–H groups in total. The van der Waals surface area contributed by atoms with E-state index in [2.05, 4.69) is 31.5 Å². The highest BCUT2D eigenvalue weighted by Crippen LogP contribution is 2.30. The zero-order valence-corrected chi connectivity index (χ0v) is 13.3. The molecular weight excluding hydrogens is 330 g/mol. The predicted octanol–water partition coefficient (Wildman–Crippen LogP) is 4.24. The largest absolute Gasteiger partial charge is 0.340 e. The Hall–Kier alpha value is -1.88. The van der Waals surface area contributed by atoms with Crippen LogP contribution in [0, 0.1) is 12.8 Å². The quantitative estimate of drug-likeness (QED) is 0.870. The number of rotatable bonds is 4. The number of carbonyl (C=O) groups is 1. The number of pyridine rings is 1.